The first kappa shape index (κ1) is 14.6. The quantitative estimate of drug-likeness (QED) is 0.808. The highest BCUT2D eigenvalue weighted by atomic mass is 16.7. The minimum absolute atomic E-state index is 0.0260. The van der Waals surface area contributed by atoms with Crippen molar-refractivity contribution in [3.8, 4) is 11.5 Å². The third-order valence-corrected chi connectivity index (χ3v) is 4.94. The molecule has 2 aromatic rings. The van der Waals surface area contributed by atoms with Crippen molar-refractivity contribution in [3.05, 3.63) is 47.3 Å². The molecular formula is C19H19N3O3. The molecule has 6 heteroatoms. The van der Waals surface area contributed by atoms with E-state index in [1.54, 1.807) is 6.08 Å². The van der Waals surface area contributed by atoms with Crippen molar-refractivity contribution in [2.45, 2.75) is 31.8 Å². The number of carbonyl (C=O) groups excluding carboxylic acids is 1. The number of rotatable bonds is 3. The Hall–Kier alpha value is -2.76. The van der Waals surface area contributed by atoms with Gasteiger partial charge in [-0.15, -0.1) is 0 Å². The summed E-state index contributed by atoms with van der Waals surface area (Å²) in [5, 5.41) is 4.67. The first-order chi connectivity index (χ1) is 12.3. The number of carbonyl (C=O) groups is 1. The number of aromatic nitrogens is 2. The molecule has 0 saturated heterocycles. The normalized spacial score (nSPS) is 18.6. The van der Waals surface area contributed by atoms with E-state index in [-0.39, 0.29) is 12.7 Å². The lowest BCUT2D eigenvalue weighted by Gasteiger charge is -2.26. The van der Waals surface area contributed by atoms with E-state index in [1.807, 2.05) is 29.2 Å². The van der Waals surface area contributed by atoms with Gasteiger partial charge in [0.05, 0.1) is 24.5 Å². The van der Waals surface area contributed by atoms with Gasteiger partial charge in [0, 0.05) is 18.5 Å². The van der Waals surface area contributed by atoms with Gasteiger partial charge in [0.15, 0.2) is 11.5 Å². The molecule has 0 radical (unpaired) electrons. The molecule has 1 aliphatic carbocycles. The molecule has 1 saturated carbocycles. The van der Waals surface area contributed by atoms with Crippen molar-refractivity contribution >= 4 is 12.0 Å². The average Bonchev–Trinajstić information content (AvgIpc) is 3.23. The molecule has 5 rings (SSSR count). The lowest BCUT2D eigenvalue weighted by Crippen LogP contribution is -2.37. The zero-order valence-corrected chi connectivity index (χ0v) is 13.9. The summed E-state index contributed by atoms with van der Waals surface area (Å²) in [5.74, 6) is 2.15. The van der Waals surface area contributed by atoms with Crippen LogP contribution in [0.5, 0.6) is 11.5 Å². The minimum atomic E-state index is 0.0260. The van der Waals surface area contributed by atoms with Crippen LogP contribution in [0.4, 0.5) is 0 Å². The molecule has 2 aliphatic heterocycles. The highest BCUT2D eigenvalue weighted by Crippen LogP contribution is 2.39. The van der Waals surface area contributed by atoms with Crippen LogP contribution >= 0.6 is 0 Å². The van der Waals surface area contributed by atoms with Crippen molar-refractivity contribution in [2.24, 2.45) is 0 Å². The lowest BCUT2D eigenvalue weighted by molar-refractivity contribution is -0.127. The highest BCUT2D eigenvalue weighted by Gasteiger charge is 2.29. The van der Waals surface area contributed by atoms with Gasteiger partial charge in [0.1, 0.15) is 0 Å². The fourth-order valence-electron chi connectivity index (χ4n) is 3.35. The van der Waals surface area contributed by atoms with Gasteiger partial charge >= 0.3 is 0 Å². The van der Waals surface area contributed by atoms with Crippen molar-refractivity contribution in [1.29, 1.82) is 0 Å². The Kier molecular flexibility index (Phi) is 3.29. The average molecular weight is 337 g/mol. The number of fused-ring (bicyclic) bond motifs is 2. The molecule has 0 N–H and O–H groups in total. The first-order valence-electron chi connectivity index (χ1n) is 8.69. The molecule has 0 unspecified atom stereocenters. The molecule has 1 fully saturated rings. The summed E-state index contributed by atoms with van der Waals surface area (Å²) in [6, 6.07) is 7.84. The molecule has 1 amide bonds. The zero-order valence-electron chi connectivity index (χ0n) is 13.9. The zero-order chi connectivity index (χ0) is 16.8. The van der Waals surface area contributed by atoms with Crippen LogP contribution < -0.4 is 9.47 Å². The standard InChI is InChI=1S/C19H19N3O3/c23-19(6-2-13-1-5-17-18(9-13)25-12-24-17)21-7-8-22-15(11-21)10-16(20-22)14-3-4-14/h1-2,5-6,9-10,14H,3-4,7-8,11-12H2/b6-2+. The highest BCUT2D eigenvalue weighted by molar-refractivity contribution is 5.91. The topological polar surface area (TPSA) is 56.6 Å². The van der Waals surface area contributed by atoms with E-state index in [1.165, 1.54) is 18.5 Å². The van der Waals surface area contributed by atoms with Crippen LogP contribution in [0.15, 0.2) is 30.3 Å². The fraction of sp³-hybridized carbons (Fsp3) is 0.368. The van der Waals surface area contributed by atoms with Gasteiger partial charge in [0.25, 0.3) is 0 Å². The van der Waals surface area contributed by atoms with Crippen LogP contribution in [0.25, 0.3) is 6.08 Å². The van der Waals surface area contributed by atoms with Gasteiger partial charge in [-0.3, -0.25) is 9.48 Å². The Morgan fingerprint density at radius 2 is 2.04 bits per heavy atom. The number of hydrogen-bond donors (Lipinski definition) is 0. The van der Waals surface area contributed by atoms with Crippen molar-refractivity contribution in [3.63, 3.8) is 0 Å². The largest absolute Gasteiger partial charge is 0.454 e. The molecule has 1 aromatic carbocycles. The summed E-state index contributed by atoms with van der Waals surface area (Å²) in [7, 11) is 0. The second-order valence-electron chi connectivity index (χ2n) is 6.76. The number of ether oxygens (including phenoxy) is 2. The molecule has 3 heterocycles. The van der Waals surface area contributed by atoms with Crippen LogP contribution in [0.3, 0.4) is 0 Å². The van der Waals surface area contributed by atoms with E-state index in [0.29, 0.717) is 19.0 Å². The van der Waals surface area contributed by atoms with Crippen LogP contribution in [0, 0.1) is 0 Å². The van der Waals surface area contributed by atoms with E-state index >= 15 is 0 Å². The summed E-state index contributed by atoms with van der Waals surface area (Å²) < 4.78 is 12.7. The monoisotopic (exact) mass is 337 g/mol. The smallest absolute Gasteiger partial charge is 0.246 e. The molecule has 3 aliphatic rings. The third kappa shape index (κ3) is 2.77. The lowest BCUT2D eigenvalue weighted by atomic mass is 10.2. The minimum Gasteiger partial charge on any atom is -0.454 e. The molecule has 0 spiro atoms. The first-order valence-corrected chi connectivity index (χ1v) is 8.69. The van der Waals surface area contributed by atoms with Gasteiger partial charge in [-0.1, -0.05) is 6.07 Å². The van der Waals surface area contributed by atoms with Gasteiger partial charge in [0.2, 0.25) is 12.7 Å². The molecule has 6 nitrogen and oxygen atoms in total. The molecule has 0 atom stereocenters. The molecular weight excluding hydrogens is 318 g/mol. The number of hydrogen-bond acceptors (Lipinski definition) is 4. The Labute approximate surface area is 145 Å². The van der Waals surface area contributed by atoms with E-state index in [2.05, 4.69) is 15.8 Å². The van der Waals surface area contributed by atoms with Crippen molar-refractivity contribution in [2.75, 3.05) is 13.3 Å². The molecule has 128 valence electrons. The predicted molar refractivity (Wildman–Crippen MR) is 91.2 cm³/mol. The van der Waals surface area contributed by atoms with Crippen molar-refractivity contribution < 1.29 is 14.3 Å². The van der Waals surface area contributed by atoms with Gasteiger partial charge < -0.3 is 14.4 Å². The predicted octanol–water partition coefficient (Wildman–Crippen LogP) is 2.54. The van der Waals surface area contributed by atoms with Crippen LogP contribution in [0.1, 0.15) is 35.7 Å². The van der Waals surface area contributed by atoms with Crippen LogP contribution in [-0.4, -0.2) is 33.9 Å². The van der Waals surface area contributed by atoms with Gasteiger partial charge in [-0.25, -0.2) is 0 Å². The van der Waals surface area contributed by atoms with Crippen molar-refractivity contribution in [1.82, 2.24) is 14.7 Å². The summed E-state index contributed by atoms with van der Waals surface area (Å²) in [4.78, 5) is 14.4. The maximum absolute atomic E-state index is 12.5. The van der Waals surface area contributed by atoms with E-state index in [0.717, 1.165) is 29.3 Å². The van der Waals surface area contributed by atoms with E-state index in [9.17, 15) is 4.79 Å². The molecule has 25 heavy (non-hydrogen) atoms. The fourth-order valence-corrected chi connectivity index (χ4v) is 3.35. The van der Waals surface area contributed by atoms with Gasteiger partial charge in [-0.2, -0.15) is 5.10 Å². The van der Waals surface area contributed by atoms with E-state index < -0.39 is 0 Å². The summed E-state index contributed by atoms with van der Waals surface area (Å²) >= 11 is 0. The molecule has 1 aromatic heterocycles. The Morgan fingerprint density at radius 1 is 1.16 bits per heavy atom. The second-order valence-corrected chi connectivity index (χ2v) is 6.76. The maximum atomic E-state index is 12.5. The van der Waals surface area contributed by atoms with E-state index in [4.69, 9.17) is 9.47 Å². The third-order valence-electron chi connectivity index (χ3n) is 4.94. The van der Waals surface area contributed by atoms with Gasteiger partial charge in [-0.05, 0) is 42.7 Å². The Balaban J connectivity index is 1.28. The molecule has 0 bridgehead atoms. The summed E-state index contributed by atoms with van der Waals surface area (Å²) in [6.45, 7) is 2.35. The SMILES string of the molecule is O=C(/C=C/c1ccc2c(c1)OCO2)N1CCn2nc(C3CC3)cc2C1. The van der Waals surface area contributed by atoms with Crippen LogP contribution in [0.2, 0.25) is 0 Å². The number of amides is 1. The summed E-state index contributed by atoms with van der Waals surface area (Å²) in [5.41, 5.74) is 3.26. The number of benzene rings is 1. The second kappa shape index (κ2) is 5.65. The number of nitrogens with zero attached hydrogens (tertiary/aromatic N) is 3. The maximum Gasteiger partial charge on any atom is 0.246 e. The van der Waals surface area contributed by atoms with Crippen LogP contribution in [-0.2, 0) is 17.9 Å². The Morgan fingerprint density at radius 3 is 2.92 bits per heavy atom. The Bertz CT molecular complexity index is 867. The summed E-state index contributed by atoms with van der Waals surface area (Å²) in [6.07, 6.45) is 5.95.